The summed E-state index contributed by atoms with van der Waals surface area (Å²) in [6.45, 7) is 4.21. The van der Waals surface area contributed by atoms with E-state index in [1.807, 2.05) is 12.1 Å². The summed E-state index contributed by atoms with van der Waals surface area (Å²) < 4.78 is 1.12. The normalized spacial score (nSPS) is 12.3. The molecule has 2 aromatic carbocycles. The molecule has 0 aliphatic heterocycles. The molecule has 0 saturated heterocycles. The van der Waals surface area contributed by atoms with Gasteiger partial charge in [-0.3, -0.25) is 0 Å². The number of rotatable bonds is 7. The number of nitrogens with one attached hydrogen (secondary N) is 1. The largest absolute Gasteiger partial charge is 0.316 e. The topological polar surface area (TPSA) is 12.0 Å². The van der Waals surface area contributed by atoms with Gasteiger partial charge in [0.25, 0.3) is 0 Å². The minimum atomic E-state index is 0.425. The van der Waals surface area contributed by atoms with E-state index in [1.165, 1.54) is 11.1 Å². The Morgan fingerprint density at radius 2 is 1.95 bits per heavy atom. The summed E-state index contributed by atoms with van der Waals surface area (Å²) in [4.78, 5) is 0. The smallest absolute Gasteiger partial charge is 0.0438 e. The Balaban J connectivity index is 2.17. The Hall–Kier alpha value is -0.830. The highest BCUT2D eigenvalue weighted by molar-refractivity contribution is 9.10. The molecule has 0 bridgehead atoms. The van der Waals surface area contributed by atoms with Crippen LogP contribution in [0.3, 0.4) is 0 Å². The van der Waals surface area contributed by atoms with E-state index in [-0.39, 0.29) is 0 Å². The Bertz CT molecular complexity index is 571. The highest BCUT2D eigenvalue weighted by atomic mass is 79.9. The fourth-order valence-electron chi connectivity index (χ4n) is 2.45. The summed E-state index contributed by atoms with van der Waals surface area (Å²) in [7, 11) is 0. The van der Waals surface area contributed by atoms with Gasteiger partial charge in [-0.05, 0) is 48.7 Å². The van der Waals surface area contributed by atoms with Crippen LogP contribution in [0, 0.1) is 0 Å². The molecule has 0 aliphatic rings. The van der Waals surface area contributed by atoms with Crippen LogP contribution in [-0.2, 0) is 6.42 Å². The van der Waals surface area contributed by atoms with Crippen LogP contribution in [0.5, 0.6) is 0 Å². The van der Waals surface area contributed by atoms with Crippen LogP contribution in [0.15, 0.2) is 53.0 Å². The van der Waals surface area contributed by atoms with Gasteiger partial charge in [0, 0.05) is 22.0 Å². The molecule has 0 heterocycles. The van der Waals surface area contributed by atoms with E-state index in [9.17, 15) is 0 Å². The average molecular weight is 367 g/mol. The molecule has 0 radical (unpaired) electrons. The van der Waals surface area contributed by atoms with Crippen LogP contribution in [0.4, 0.5) is 0 Å². The molecule has 2 rings (SSSR count). The third-order valence-electron chi connectivity index (χ3n) is 3.56. The summed E-state index contributed by atoms with van der Waals surface area (Å²) in [5.41, 5.74) is 2.55. The van der Waals surface area contributed by atoms with Gasteiger partial charge in [0.05, 0.1) is 0 Å². The second kappa shape index (κ2) is 8.57. The quantitative estimate of drug-likeness (QED) is 0.644. The summed E-state index contributed by atoms with van der Waals surface area (Å²) >= 11 is 9.88. The van der Waals surface area contributed by atoms with Gasteiger partial charge in [-0.15, -0.1) is 0 Å². The minimum absolute atomic E-state index is 0.425. The number of halogens is 2. The monoisotopic (exact) mass is 365 g/mol. The summed E-state index contributed by atoms with van der Waals surface area (Å²) in [5, 5.41) is 4.39. The zero-order valence-corrected chi connectivity index (χ0v) is 14.6. The van der Waals surface area contributed by atoms with E-state index in [1.54, 1.807) is 0 Å². The second-order valence-corrected chi connectivity index (χ2v) is 6.57. The highest BCUT2D eigenvalue weighted by Crippen LogP contribution is 2.26. The van der Waals surface area contributed by atoms with Crippen LogP contribution in [0.1, 0.15) is 30.4 Å². The predicted octanol–water partition coefficient (Wildman–Crippen LogP) is 5.43. The van der Waals surface area contributed by atoms with E-state index in [0.29, 0.717) is 5.92 Å². The first-order valence-electron chi connectivity index (χ1n) is 7.40. The van der Waals surface area contributed by atoms with Crippen LogP contribution in [0.25, 0.3) is 0 Å². The van der Waals surface area contributed by atoms with Crippen molar-refractivity contribution < 1.29 is 0 Å². The second-order valence-electron chi connectivity index (χ2n) is 5.25. The highest BCUT2D eigenvalue weighted by Gasteiger charge is 2.14. The molecule has 21 heavy (non-hydrogen) atoms. The molecule has 0 aliphatic carbocycles. The van der Waals surface area contributed by atoms with E-state index in [4.69, 9.17) is 11.6 Å². The number of hydrogen-bond acceptors (Lipinski definition) is 1. The fraction of sp³-hybridized carbons (Fsp3) is 0.333. The molecule has 0 saturated carbocycles. The van der Waals surface area contributed by atoms with Crippen LogP contribution >= 0.6 is 27.5 Å². The summed E-state index contributed by atoms with van der Waals surface area (Å²) in [6, 6.07) is 16.7. The van der Waals surface area contributed by atoms with Crippen molar-refractivity contribution in [3.63, 3.8) is 0 Å². The summed E-state index contributed by atoms with van der Waals surface area (Å²) in [6.07, 6.45) is 2.10. The van der Waals surface area contributed by atoms with Gasteiger partial charge in [-0.25, -0.2) is 0 Å². The Morgan fingerprint density at radius 1 is 1.14 bits per heavy atom. The molecule has 0 fully saturated rings. The molecule has 3 heteroatoms. The maximum absolute atomic E-state index is 6.32. The van der Waals surface area contributed by atoms with E-state index in [0.717, 1.165) is 35.4 Å². The molecular formula is C18H21BrClN. The SMILES string of the molecule is CCCNCC(Cc1ccccc1Cl)c1cccc(Br)c1. The maximum atomic E-state index is 6.32. The Labute approximate surface area is 140 Å². The standard InChI is InChI=1S/C18H21BrClN/c1-2-10-21-13-16(14-7-5-8-17(19)12-14)11-15-6-3-4-9-18(15)20/h3-9,12,16,21H,2,10-11,13H2,1H3. The lowest BCUT2D eigenvalue weighted by atomic mass is 9.92. The van der Waals surface area contributed by atoms with Gasteiger partial charge in [-0.1, -0.05) is 64.8 Å². The number of benzene rings is 2. The Morgan fingerprint density at radius 3 is 2.67 bits per heavy atom. The molecule has 0 amide bonds. The molecule has 1 unspecified atom stereocenters. The molecule has 1 nitrogen and oxygen atoms in total. The molecular weight excluding hydrogens is 346 g/mol. The van der Waals surface area contributed by atoms with Crippen molar-refractivity contribution in [2.75, 3.05) is 13.1 Å². The van der Waals surface area contributed by atoms with Crippen LogP contribution in [-0.4, -0.2) is 13.1 Å². The summed E-state index contributed by atoms with van der Waals surface area (Å²) in [5.74, 6) is 0.425. The lowest BCUT2D eigenvalue weighted by Gasteiger charge is -2.19. The van der Waals surface area contributed by atoms with Crippen molar-refractivity contribution in [3.8, 4) is 0 Å². The minimum Gasteiger partial charge on any atom is -0.316 e. The average Bonchev–Trinajstić information content (AvgIpc) is 2.48. The van der Waals surface area contributed by atoms with Crippen molar-refractivity contribution in [2.45, 2.75) is 25.7 Å². The third kappa shape index (κ3) is 5.14. The fourth-order valence-corrected chi connectivity index (χ4v) is 3.08. The molecule has 1 atom stereocenters. The van der Waals surface area contributed by atoms with Crippen molar-refractivity contribution in [1.29, 1.82) is 0 Å². The Kier molecular flexibility index (Phi) is 6.75. The third-order valence-corrected chi connectivity index (χ3v) is 4.42. The van der Waals surface area contributed by atoms with Gasteiger partial charge in [0.2, 0.25) is 0 Å². The van der Waals surface area contributed by atoms with E-state index in [2.05, 4.69) is 64.6 Å². The molecule has 0 spiro atoms. The van der Waals surface area contributed by atoms with Gasteiger partial charge in [-0.2, -0.15) is 0 Å². The zero-order valence-electron chi connectivity index (χ0n) is 12.3. The van der Waals surface area contributed by atoms with E-state index >= 15 is 0 Å². The van der Waals surface area contributed by atoms with E-state index < -0.39 is 0 Å². The maximum Gasteiger partial charge on any atom is 0.0438 e. The van der Waals surface area contributed by atoms with Crippen molar-refractivity contribution in [1.82, 2.24) is 5.32 Å². The first-order chi connectivity index (χ1) is 10.2. The first kappa shape index (κ1) is 16.5. The molecule has 0 aromatic heterocycles. The van der Waals surface area contributed by atoms with Gasteiger partial charge in [0.1, 0.15) is 0 Å². The van der Waals surface area contributed by atoms with Gasteiger partial charge >= 0.3 is 0 Å². The van der Waals surface area contributed by atoms with Crippen LogP contribution < -0.4 is 5.32 Å². The van der Waals surface area contributed by atoms with Crippen molar-refractivity contribution >= 4 is 27.5 Å². The number of hydrogen-bond donors (Lipinski definition) is 1. The van der Waals surface area contributed by atoms with Crippen molar-refractivity contribution in [2.24, 2.45) is 0 Å². The lowest BCUT2D eigenvalue weighted by Crippen LogP contribution is -2.23. The first-order valence-corrected chi connectivity index (χ1v) is 8.57. The lowest BCUT2D eigenvalue weighted by molar-refractivity contribution is 0.576. The van der Waals surface area contributed by atoms with Gasteiger partial charge in [0.15, 0.2) is 0 Å². The molecule has 2 aromatic rings. The zero-order chi connectivity index (χ0) is 15.1. The van der Waals surface area contributed by atoms with Gasteiger partial charge < -0.3 is 5.32 Å². The molecule has 1 N–H and O–H groups in total. The van der Waals surface area contributed by atoms with Crippen molar-refractivity contribution in [3.05, 3.63) is 69.2 Å². The van der Waals surface area contributed by atoms with Crippen LogP contribution in [0.2, 0.25) is 5.02 Å². The molecule has 112 valence electrons. The predicted molar refractivity (Wildman–Crippen MR) is 95.2 cm³/mol.